The number of amides is 1. The molecule has 1 heterocycles. The molecule has 0 spiro atoms. The lowest BCUT2D eigenvalue weighted by atomic mass is 9.90. The average molecular weight is 243 g/mol. The minimum atomic E-state index is -0.370. The maximum Gasteiger partial charge on any atom is 0.240 e. The Morgan fingerprint density at radius 2 is 2.18 bits per heavy atom. The molecule has 1 atom stereocenters. The zero-order chi connectivity index (χ0) is 12.6. The van der Waals surface area contributed by atoms with Gasteiger partial charge in [-0.15, -0.1) is 0 Å². The van der Waals surface area contributed by atoms with Crippen LogP contribution in [0.15, 0.2) is 0 Å². The van der Waals surface area contributed by atoms with Crippen LogP contribution in [0.3, 0.4) is 0 Å². The summed E-state index contributed by atoms with van der Waals surface area (Å²) in [6, 6.07) is 0. The van der Waals surface area contributed by atoms with Crippen molar-refractivity contribution in [1.82, 2.24) is 16.0 Å². The lowest BCUT2D eigenvalue weighted by Crippen LogP contribution is -2.57. The molecule has 0 aromatic rings. The Balaban J connectivity index is 2.11. The van der Waals surface area contributed by atoms with E-state index in [1.54, 1.807) is 7.11 Å². The highest BCUT2D eigenvalue weighted by molar-refractivity contribution is 5.85. The van der Waals surface area contributed by atoms with E-state index in [9.17, 15) is 4.79 Å². The van der Waals surface area contributed by atoms with Crippen LogP contribution in [0.1, 0.15) is 26.2 Å². The Morgan fingerprint density at radius 1 is 1.35 bits per heavy atom. The van der Waals surface area contributed by atoms with Crippen molar-refractivity contribution in [3.8, 4) is 0 Å². The van der Waals surface area contributed by atoms with Crippen molar-refractivity contribution in [3.63, 3.8) is 0 Å². The van der Waals surface area contributed by atoms with Gasteiger partial charge in [0, 0.05) is 26.7 Å². The molecular weight excluding hydrogens is 218 g/mol. The first-order chi connectivity index (χ1) is 8.19. The summed E-state index contributed by atoms with van der Waals surface area (Å²) in [6.45, 7) is 5.90. The van der Waals surface area contributed by atoms with E-state index in [-0.39, 0.29) is 11.4 Å². The minimum Gasteiger partial charge on any atom is -0.383 e. The summed E-state index contributed by atoms with van der Waals surface area (Å²) < 4.78 is 4.92. The van der Waals surface area contributed by atoms with Crippen LogP contribution in [0.5, 0.6) is 0 Å². The molecule has 1 rings (SSSR count). The summed E-state index contributed by atoms with van der Waals surface area (Å²) in [5, 5.41) is 9.47. The zero-order valence-electron chi connectivity index (χ0n) is 11.0. The Hall–Kier alpha value is -0.650. The molecule has 1 saturated heterocycles. The van der Waals surface area contributed by atoms with Crippen LogP contribution in [0.25, 0.3) is 0 Å². The van der Waals surface area contributed by atoms with Crippen LogP contribution >= 0.6 is 0 Å². The molecular formula is C12H25N3O2. The van der Waals surface area contributed by atoms with Crippen molar-refractivity contribution in [1.29, 1.82) is 0 Å². The van der Waals surface area contributed by atoms with Gasteiger partial charge in [-0.3, -0.25) is 4.79 Å². The normalized spacial score (nSPS) is 24.6. The summed E-state index contributed by atoms with van der Waals surface area (Å²) >= 11 is 0. The molecule has 0 radical (unpaired) electrons. The van der Waals surface area contributed by atoms with E-state index in [2.05, 4.69) is 16.0 Å². The van der Waals surface area contributed by atoms with Gasteiger partial charge in [-0.05, 0) is 32.7 Å². The number of methoxy groups -OCH3 is 1. The van der Waals surface area contributed by atoms with E-state index in [0.717, 1.165) is 32.5 Å². The van der Waals surface area contributed by atoms with Gasteiger partial charge in [0.2, 0.25) is 5.91 Å². The quantitative estimate of drug-likeness (QED) is 0.545. The molecule has 0 aliphatic carbocycles. The molecule has 100 valence electrons. The highest BCUT2D eigenvalue weighted by atomic mass is 16.5. The lowest BCUT2D eigenvalue weighted by Gasteiger charge is -2.33. The van der Waals surface area contributed by atoms with Gasteiger partial charge in [0.25, 0.3) is 0 Å². The van der Waals surface area contributed by atoms with Crippen LogP contribution in [0.2, 0.25) is 0 Å². The summed E-state index contributed by atoms with van der Waals surface area (Å²) in [6.07, 6.45) is 3.22. The van der Waals surface area contributed by atoms with Crippen molar-refractivity contribution in [2.24, 2.45) is 0 Å². The van der Waals surface area contributed by atoms with E-state index >= 15 is 0 Å². The minimum absolute atomic E-state index is 0.116. The Bertz CT molecular complexity index is 228. The number of carbonyl (C=O) groups is 1. The number of hydrogen-bond acceptors (Lipinski definition) is 4. The highest BCUT2D eigenvalue weighted by Crippen LogP contribution is 2.18. The number of piperidine rings is 1. The number of hydrogen-bond donors (Lipinski definition) is 3. The van der Waals surface area contributed by atoms with E-state index in [1.165, 1.54) is 6.42 Å². The Labute approximate surface area is 104 Å². The van der Waals surface area contributed by atoms with Crippen molar-refractivity contribution in [2.45, 2.75) is 31.7 Å². The largest absolute Gasteiger partial charge is 0.383 e. The monoisotopic (exact) mass is 243 g/mol. The second kappa shape index (κ2) is 7.63. The number of nitrogens with one attached hydrogen (secondary N) is 3. The Kier molecular flexibility index (Phi) is 6.47. The van der Waals surface area contributed by atoms with Crippen LogP contribution in [-0.2, 0) is 9.53 Å². The van der Waals surface area contributed by atoms with Crippen LogP contribution in [-0.4, -0.2) is 51.3 Å². The maximum absolute atomic E-state index is 12.0. The predicted molar refractivity (Wildman–Crippen MR) is 68.0 cm³/mol. The molecule has 0 bridgehead atoms. The summed E-state index contributed by atoms with van der Waals surface area (Å²) in [5.74, 6) is 0.116. The van der Waals surface area contributed by atoms with Gasteiger partial charge in [0.1, 0.15) is 0 Å². The third-order valence-corrected chi connectivity index (χ3v) is 3.19. The van der Waals surface area contributed by atoms with Crippen molar-refractivity contribution >= 4 is 5.91 Å². The molecule has 1 amide bonds. The SMILES string of the molecule is COCCNCCNC(=O)C1(C)CCCCN1. The van der Waals surface area contributed by atoms with Crippen LogP contribution < -0.4 is 16.0 Å². The van der Waals surface area contributed by atoms with E-state index in [0.29, 0.717) is 13.2 Å². The summed E-state index contributed by atoms with van der Waals surface area (Å²) in [4.78, 5) is 12.0. The molecule has 0 aromatic carbocycles. The predicted octanol–water partition coefficient (Wildman–Crippen LogP) is -0.129. The molecule has 5 heteroatoms. The number of ether oxygens (including phenoxy) is 1. The highest BCUT2D eigenvalue weighted by Gasteiger charge is 2.33. The first-order valence-corrected chi connectivity index (χ1v) is 6.42. The molecule has 3 N–H and O–H groups in total. The van der Waals surface area contributed by atoms with Crippen molar-refractivity contribution < 1.29 is 9.53 Å². The molecule has 1 fully saturated rings. The fourth-order valence-electron chi connectivity index (χ4n) is 2.01. The van der Waals surface area contributed by atoms with Gasteiger partial charge in [-0.2, -0.15) is 0 Å². The molecule has 1 aliphatic heterocycles. The van der Waals surface area contributed by atoms with E-state index < -0.39 is 0 Å². The van der Waals surface area contributed by atoms with Crippen LogP contribution in [0.4, 0.5) is 0 Å². The summed E-state index contributed by atoms with van der Waals surface area (Å²) in [7, 11) is 1.68. The number of rotatable bonds is 7. The zero-order valence-corrected chi connectivity index (χ0v) is 11.0. The van der Waals surface area contributed by atoms with Crippen LogP contribution in [0, 0.1) is 0 Å². The second-order valence-electron chi connectivity index (χ2n) is 4.71. The van der Waals surface area contributed by atoms with E-state index in [4.69, 9.17) is 4.74 Å². The first-order valence-electron chi connectivity index (χ1n) is 6.42. The molecule has 0 saturated carbocycles. The van der Waals surface area contributed by atoms with Gasteiger partial charge in [0.05, 0.1) is 12.1 Å². The second-order valence-corrected chi connectivity index (χ2v) is 4.71. The molecule has 5 nitrogen and oxygen atoms in total. The van der Waals surface area contributed by atoms with Gasteiger partial charge < -0.3 is 20.7 Å². The Morgan fingerprint density at radius 3 is 2.82 bits per heavy atom. The van der Waals surface area contributed by atoms with Crippen molar-refractivity contribution in [2.75, 3.05) is 39.9 Å². The average Bonchev–Trinajstić information content (AvgIpc) is 2.34. The van der Waals surface area contributed by atoms with Gasteiger partial charge >= 0.3 is 0 Å². The lowest BCUT2D eigenvalue weighted by molar-refractivity contribution is -0.127. The molecule has 1 unspecified atom stereocenters. The van der Waals surface area contributed by atoms with Gasteiger partial charge in [-0.25, -0.2) is 0 Å². The van der Waals surface area contributed by atoms with Gasteiger partial charge in [0.15, 0.2) is 0 Å². The topological polar surface area (TPSA) is 62.4 Å². The third kappa shape index (κ3) is 5.02. The first kappa shape index (κ1) is 14.4. The fraction of sp³-hybridized carbons (Fsp3) is 0.917. The third-order valence-electron chi connectivity index (χ3n) is 3.19. The fourth-order valence-corrected chi connectivity index (χ4v) is 2.01. The standard InChI is InChI=1S/C12H25N3O2/c1-12(5-3-4-6-15-12)11(16)14-8-7-13-9-10-17-2/h13,15H,3-10H2,1-2H3,(H,14,16). The molecule has 17 heavy (non-hydrogen) atoms. The van der Waals surface area contributed by atoms with Gasteiger partial charge in [-0.1, -0.05) is 0 Å². The molecule has 1 aliphatic rings. The van der Waals surface area contributed by atoms with Crippen molar-refractivity contribution in [3.05, 3.63) is 0 Å². The summed E-state index contributed by atoms with van der Waals surface area (Å²) in [5.41, 5.74) is -0.370. The molecule has 0 aromatic heterocycles. The smallest absolute Gasteiger partial charge is 0.240 e. The van der Waals surface area contributed by atoms with E-state index in [1.807, 2.05) is 6.92 Å². The maximum atomic E-state index is 12.0. The number of carbonyl (C=O) groups excluding carboxylic acids is 1.